The van der Waals surface area contributed by atoms with Crippen molar-refractivity contribution in [2.75, 3.05) is 0 Å². The van der Waals surface area contributed by atoms with Crippen LogP contribution in [0.4, 0.5) is 0 Å². The highest BCUT2D eigenvalue weighted by Crippen LogP contribution is 2.40. The van der Waals surface area contributed by atoms with Gasteiger partial charge in [0.2, 0.25) is 0 Å². The summed E-state index contributed by atoms with van der Waals surface area (Å²) >= 11 is 0. The number of benzene rings is 7. The molecule has 0 unspecified atom stereocenters. The molecule has 9 aromatic rings. The fourth-order valence-electron chi connectivity index (χ4n) is 5.92. The average Bonchev–Trinajstić information content (AvgIpc) is 3.42. The quantitative estimate of drug-likeness (QED) is 0.211. The molecule has 2 heteroatoms. The van der Waals surface area contributed by atoms with E-state index in [1.807, 2.05) is 0 Å². The fraction of sp³-hybridized carbons (Fsp3) is 0. The summed E-state index contributed by atoms with van der Waals surface area (Å²) < 4.78 is 12.8. The van der Waals surface area contributed by atoms with Gasteiger partial charge in [0, 0.05) is 21.5 Å². The van der Waals surface area contributed by atoms with Crippen molar-refractivity contribution in [3.05, 3.63) is 109 Å². The molecule has 0 aliphatic heterocycles. The van der Waals surface area contributed by atoms with Crippen molar-refractivity contribution in [1.82, 2.24) is 0 Å². The molecule has 0 spiro atoms. The summed E-state index contributed by atoms with van der Waals surface area (Å²) in [5.74, 6) is 0. The first kappa shape index (κ1) is 18.5. The third-order valence-corrected chi connectivity index (χ3v) is 7.71. The minimum atomic E-state index is 0.888. The molecule has 0 aliphatic rings. The van der Waals surface area contributed by atoms with E-state index < -0.39 is 0 Å². The molecule has 0 aliphatic carbocycles. The van der Waals surface area contributed by atoms with Crippen LogP contribution in [0.2, 0.25) is 0 Å². The molecule has 36 heavy (non-hydrogen) atoms. The third-order valence-electron chi connectivity index (χ3n) is 7.71. The summed E-state index contributed by atoms with van der Waals surface area (Å²) in [6, 6.07) is 39.1. The largest absolute Gasteiger partial charge is 0.456 e. The Morgan fingerprint density at radius 3 is 0.972 bits per heavy atom. The zero-order valence-electron chi connectivity index (χ0n) is 19.2. The predicted molar refractivity (Wildman–Crippen MR) is 151 cm³/mol. The molecule has 2 nitrogen and oxygen atoms in total. The molecule has 0 atom stereocenters. The van der Waals surface area contributed by atoms with E-state index in [1.54, 1.807) is 0 Å². The standard InChI is InChI=1S/C34H18O2/c1-3-7-21-11-25-15-31-27(13-23(25)9-19(21)5-1)29-17-34-30(18-33(29)35-31)28-14-24-10-20-6-2-4-8-22(20)12-26(24)16-32(28)36-34/h1-18H. The molecule has 0 radical (unpaired) electrons. The van der Waals surface area contributed by atoms with Crippen LogP contribution in [-0.2, 0) is 0 Å². The summed E-state index contributed by atoms with van der Waals surface area (Å²) in [5.41, 5.74) is 3.58. The zero-order valence-corrected chi connectivity index (χ0v) is 19.2. The Morgan fingerprint density at radius 1 is 0.278 bits per heavy atom. The fourth-order valence-corrected chi connectivity index (χ4v) is 5.92. The first-order valence-electron chi connectivity index (χ1n) is 12.2. The minimum Gasteiger partial charge on any atom is -0.456 e. The Bertz CT molecular complexity index is 2200. The smallest absolute Gasteiger partial charge is 0.136 e. The lowest BCUT2D eigenvalue weighted by Crippen LogP contribution is -1.77. The summed E-state index contributed by atoms with van der Waals surface area (Å²) in [4.78, 5) is 0. The second-order valence-corrected chi connectivity index (χ2v) is 9.84. The Labute approximate surface area is 204 Å². The van der Waals surface area contributed by atoms with E-state index >= 15 is 0 Å². The van der Waals surface area contributed by atoms with Crippen molar-refractivity contribution in [2.24, 2.45) is 0 Å². The van der Waals surface area contributed by atoms with E-state index in [2.05, 4.69) is 109 Å². The molecule has 0 amide bonds. The third kappa shape index (κ3) is 2.45. The first-order chi connectivity index (χ1) is 17.8. The maximum atomic E-state index is 6.40. The number of hydrogen-bond donors (Lipinski definition) is 0. The monoisotopic (exact) mass is 458 g/mol. The van der Waals surface area contributed by atoms with E-state index in [1.165, 1.54) is 43.1 Å². The molecule has 7 aromatic carbocycles. The van der Waals surface area contributed by atoms with E-state index in [0.29, 0.717) is 0 Å². The van der Waals surface area contributed by atoms with Gasteiger partial charge in [-0.05, 0) is 104 Å². The van der Waals surface area contributed by atoms with Crippen LogP contribution in [-0.4, -0.2) is 0 Å². The Hall–Kier alpha value is -4.82. The molecule has 2 heterocycles. The number of rotatable bonds is 0. The highest BCUT2D eigenvalue weighted by atomic mass is 16.3. The second kappa shape index (κ2) is 6.44. The summed E-state index contributed by atoms with van der Waals surface area (Å²) in [7, 11) is 0. The van der Waals surface area contributed by atoms with Gasteiger partial charge in [-0.3, -0.25) is 0 Å². The molecule has 0 saturated heterocycles. The molecule has 0 fully saturated rings. The van der Waals surface area contributed by atoms with Gasteiger partial charge in [-0.1, -0.05) is 48.5 Å². The summed E-state index contributed by atoms with van der Waals surface area (Å²) in [6.07, 6.45) is 0. The van der Waals surface area contributed by atoms with Crippen LogP contribution in [0.25, 0.3) is 87.0 Å². The van der Waals surface area contributed by atoms with Gasteiger partial charge in [0.15, 0.2) is 0 Å². The van der Waals surface area contributed by atoms with Crippen molar-refractivity contribution in [1.29, 1.82) is 0 Å². The Morgan fingerprint density at radius 2 is 0.583 bits per heavy atom. The molecular weight excluding hydrogens is 440 g/mol. The van der Waals surface area contributed by atoms with Gasteiger partial charge in [-0.25, -0.2) is 0 Å². The summed E-state index contributed by atoms with van der Waals surface area (Å²) in [5, 5.41) is 14.2. The van der Waals surface area contributed by atoms with Crippen molar-refractivity contribution in [3.8, 4) is 0 Å². The molecule has 166 valence electrons. The van der Waals surface area contributed by atoms with Gasteiger partial charge in [0.05, 0.1) is 0 Å². The molecule has 0 saturated carbocycles. The van der Waals surface area contributed by atoms with Crippen LogP contribution >= 0.6 is 0 Å². The van der Waals surface area contributed by atoms with E-state index in [9.17, 15) is 0 Å². The van der Waals surface area contributed by atoms with Crippen LogP contribution in [0.15, 0.2) is 118 Å². The average molecular weight is 459 g/mol. The number of furan rings is 2. The molecular formula is C34H18O2. The van der Waals surface area contributed by atoms with Gasteiger partial charge in [0.1, 0.15) is 22.3 Å². The van der Waals surface area contributed by atoms with Crippen molar-refractivity contribution in [2.45, 2.75) is 0 Å². The highest BCUT2D eigenvalue weighted by Gasteiger charge is 2.15. The molecule has 2 aromatic heterocycles. The SMILES string of the molecule is c1ccc2cc3cc4c(cc3cc2c1)oc1cc2c(cc14)oc1cc3cc4ccccc4cc3cc12. The van der Waals surface area contributed by atoms with Crippen molar-refractivity contribution < 1.29 is 8.83 Å². The van der Waals surface area contributed by atoms with Crippen LogP contribution in [0.3, 0.4) is 0 Å². The minimum absolute atomic E-state index is 0.888. The Kier molecular flexibility index (Phi) is 3.31. The number of hydrogen-bond acceptors (Lipinski definition) is 2. The predicted octanol–water partition coefficient (Wildman–Crippen LogP) is 10.1. The van der Waals surface area contributed by atoms with Crippen molar-refractivity contribution in [3.63, 3.8) is 0 Å². The molecule has 9 rings (SSSR count). The van der Waals surface area contributed by atoms with Gasteiger partial charge in [-0.15, -0.1) is 0 Å². The lowest BCUT2D eigenvalue weighted by molar-refractivity contribution is 0.664. The van der Waals surface area contributed by atoms with Gasteiger partial charge in [0.25, 0.3) is 0 Å². The van der Waals surface area contributed by atoms with Gasteiger partial charge >= 0.3 is 0 Å². The maximum absolute atomic E-state index is 6.40. The number of fused-ring (bicyclic) bond motifs is 10. The zero-order chi connectivity index (χ0) is 23.4. The van der Waals surface area contributed by atoms with Crippen molar-refractivity contribution >= 4 is 87.0 Å². The molecule has 0 N–H and O–H groups in total. The normalized spacial score (nSPS) is 12.4. The van der Waals surface area contributed by atoms with Crippen LogP contribution in [0.5, 0.6) is 0 Å². The maximum Gasteiger partial charge on any atom is 0.136 e. The second-order valence-electron chi connectivity index (χ2n) is 9.84. The first-order valence-corrected chi connectivity index (χ1v) is 12.2. The van der Waals surface area contributed by atoms with E-state index in [4.69, 9.17) is 8.83 Å². The Balaban J connectivity index is 1.34. The van der Waals surface area contributed by atoms with Gasteiger partial charge in [-0.2, -0.15) is 0 Å². The van der Waals surface area contributed by atoms with Crippen LogP contribution in [0, 0.1) is 0 Å². The van der Waals surface area contributed by atoms with Crippen LogP contribution in [0.1, 0.15) is 0 Å². The lowest BCUT2D eigenvalue weighted by atomic mass is 10.0. The van der Waals surface area contributed by atoms with E-state index in [0.717, 1.165) is 43.9 Å². The molecule has 0 bridgehead atoms. The van der Waals surface area contributed by atoms with Gasteiger partial charge < -0.3 is 8.83 Å². The topological polar surface area (TPSA) is 26.3 Å². The van der Waals surface area contributed by atoms with Crippen LogP contribution < -0.4 is 0 Å². The summed E-state index contributed by atoms with van der Waals surface area (Å²) in [6.45, 7) is 0. The highest BCUT2D eigenvalue weighted by molar-refractivity contribution is 6.19. The lowest BCUT2D eigenvalue weighted by Gasteiger charge is -2.02. The van der Waals surface area contributed by atoms with E-state index in [-0.39, 0.29) is 0 Å².